The van der Waals surface area contributed by atoms with Crippen LogP contribution in [0.25, 0.3) is 0 Å². The molecule has 1 aliphatic carbocycles. The third kappa shape index (κ3) is 3.92. The lowest BCUT2D eigenvalue weighted by Crippen LogP contribution is -2.36. The number of rotatable bonds is 5. The van der Waals surface area contributed by atoms with E-state index >= 15 is 0 Å². The van der Waals surface area contributed by atoms with Gasteiger partial charge in [-0.05, 0) is 30.5 Å². The summed E-state index contributed by atoms with van der Waals surface area (Å²) in [5.41, 5.74) is 6.11. The monoisotopic (exact) mass is 266 g/mol. The fourth-order valence-electron chi connectivity index (χ4n) is 2.27. The average Bonchev–Trinajstić information content (AvgIpc) is 2.90. The molecule has 5 heteroatoms. The number of halogens is 1. The summed E-state index contributed by atoms with van der Waals surface area (Å²) in [5.74, 6) is -0.607. The number of benzene rings is 1. The summed E-state index contributed by atoms with van der Waals surface area (Å²) in [6, 6.07) is 4.76. The van der Waals surface area contributed by atoms with Crippen molar-refractivity contribution in [2.24, 2.45) is 5.73 Å². The first-order valence-electron chi connectivity index (χ1n) is 6.59. The molecule has 1 aromatic carbocycles. The SMILES string of the molecule is NCc1ccc(OCC(=O)NC2CCCC2)c(F)c1. The first kappa shape index (κ1) is 13.8. The van der Waals surface area contributed by atoms with Crippen molar-refractivity contribution in [2.45, 2.75) is 38.3 Å². The van der Waals surface area contributed by atoms with Crippen LogP contribution in [-0.4, -0.2) is 18.6 Å². The van der Waals surface area contributed by atoms with Crippen molar-refractivity contribution in [3.8, 4) is 5.75 Å². The smallest absolute Gasteiger partial charge is 0.258 e. The van der Waals surface area contributed by atoms with Crippen molar-refractivity contribution in [2.75, 3.05) is 6.61 Å². The number of nitrogens with one attached hydrogen (secondary N) is 1. The van der Waals surface area contributed by atoms with Gasteiger partial charge in [0.2, 0.25) is 0 Å². The quantitative estimate of drug-likeness (QED) is 0.853. The lowest BCUT2D eigenvalue weighted by molar-refractivity contribution is -0.123. The Morgan fingerprint density at radius 2 is 2.16 bits per heavy atom. The number of carbonyl (C=O) groups excluding carboxylic acids is 1. The molecular weight excluding hydrogens is 247 g/mol. The van der Waals surface area contributed by atoms with Crippen LogP contribution in [0.2, 0.25) is 0 Å². The number of amides is 1. The van der Waals surface area contributed by atoms with E-state index in [4.69, 9.17) is 10.5 Å². The van der Waals surface area contributed by atoms with E-state index in [1.165, 1.54) is 12.1 Å². The van der Waals surface area contributed by atoms with Crippen LogP contribution in [0.4, 0.5) is 4.39 Å². The molecule has 1 aliphatic rings. The van der Waals surface area contributed by atoms with E-state index in [1.807, 2.05) is 0 Å². The highest BCUT2D eigenvalue weighted by atomic mass is 19.1. The molecule has 1 saturated carbocycles. The Bertz CT molecular complexity index is 445. The van der Waals surface area contributed by atoms with Gasteiger partial charge in [-0.3, -0.25) is 4.79 Å². The van der Waals surface area contributed by atoms with E-state index in [1.54, 1.807) is 6.07 Å². The average molecular weight is 266 g/mol. The predicted octanol–water partition coefficient (Wildman–Crippen LogP) is 1.72. The first-order valence-corrected chi connectivity index (χ1v) is 6.59. The minimum atomic E-state index is -0.489. The largest absolute Gasteiger partial charge is 0.481 e. The molecule has 104 valence electrons. The third-order valence-corrected chi connectivity index (χ3v) is 3.31. The van der Waals surface area contributed by atoms with Gasteiger partial charge in [0, 0.05) is 12.6 Å². The van der Waals surface area contributed by atoms with Gasteiger partial charge in [0.05, 0.1) is 0 Å². The molecule has 0 spiro atoms. The van der Waals surface area contributed by atoms with Gasteiger partial charge in [-0.25, -0.2) is 4.39 Å². The Morgan fingerprint density at radius 1 is 1.42 bits per heavy atom. The summed E-state index contributed by atoms with van der Waals surface area (Å²) >= 11 is 0. The van der Waals surface area contributed by atoms with E-state index in [2.05, 4.69) is 5.32 Å². The highest BCUT2D eigenvalue weighted by Crippen LogP contribution is 2.19. The van der Waals surface area contributed by atoms with Gasteiger partial charge < -0.3 is 15.8 Å². The zero-order valence-corrected chi connectivity index (χ0v) is 10.8. The molecule has 0 bridgehead atoms. The zero-order valence-electron chi connectivity index (χ0n) is 10.8. The summed E-state index contributed by atoms with van der Waals surface area (Å²) in [5, 5.41) is 2.88. The van der Waals surface area contributed by atoms with Crippen molar-refractivity contribution in [1.82, 2.24) is 5.32 Å². The van der Waals surface area contributed by atoms with E-state index in [0.29, 0.717) is 5.56 Å². The summed E-state index contributed by atoms with van der Waals surface area (Å²) in [4.78, 5) is 11.6. The molecule has 19 heavy (non-hydrogen) atoms. The fourth-order valence-corrected chi connectivity index (χ4v) is 2.27. The summed E-state index contributed by atoms with van der Waals surface area (Å²) in [7, 11) is 0. The second-order valence-electron chi connectivity index (χ2n) is 4.81. The Kier molecular flexibility index (Phi) is 4.74. The molecular formula is C14H19FN2O2. The van der Waals surface area contributed by atoms with Crippen LogP contribution in [0.5, 0.6) is 5.75 Å². The zero-order chi connectivity index (χ0) is 13.7. The second kappa shape index (κ2) is 6.52. The second-order valence-corrected chi connectivity index (χ2v) is 4.81. The normalized spacial score (nSPS) is 15.5. The van der Waals surface area contributed by atoms with E-state index in [0.717, 1.165) is 25.7 Å². The first-order chi connectivity index (χ1) is 9.19. The molecule has 0 aliphatic heterocycles. The summed E-state index contributed by atoms with van der Waals surface area (Å²) in [6.07, 6.45) is 4.35. The maximum Gasteiger partial charge on any atom is 0.258 e. The van der Waals surface area contributed by atoms with E-state index in [-0.39, 0.29) is 30.9 Å². The standard InChI is InChI=1S/C14H19FN2O2/c15-12-7-10(8-16)5-6-13(12)19-9-14(18)17-11-3-1-2-4-11/h5-7,11H,1-4,8-9,16H2,(H,17,18). The summed E-state index contributed by atoms with van der Waals surface area (Å²) < 4.78 is 18.8. The number of hydrogen-bond donors (Lipinski definition) is 2. The molecule has 0 atom stereocenters. The van der Waals surface area contributed by atoms with Crippen molar-refractivity contribution in [3.05, 3.63) is 29.6 Å². The fraction of sp³-hybridized carbons (Fsp3) is 0.500. The minimum Gasteiger partial charge on any atom is -0.481 e. The van der Waals surface area contributed by atoms with E-state index in [9.17, 15) is 9.18 Å². The molecule has 1 amide bonds. The van der Waals surface area contributed by atoms with Crippen LogP contribution >= 0.6 is 0 Å². The van der Waals surface area contributed by atoms with Crippen molar-refractivity contribution in [1.29, 1.82) is 0 Å². The molecule has 0 heterocycles. The number of carbonyl (C=O) groups is 1. The Morgan fingerprint density at radius 3 is 2.79 bits per heavy atom. The van der Waals surface area contributed by atoms with Gasteiger partial charge in [-0.2, -0.15) is 0 Å². The molecule has 1 aromatic rings. The van der Waals surface area contributed by atoms with Gasteiger partial charge in [-0.15, -0.1) is 0 Å². The Hall–Kier alpha value is -1.62. The topological polar surface area (TPSA) is 64.3 Å². The molecule has 3 N–H and O–H groups in total. The van der Waals surface area contributed by atoms with E-state index < -0.39 is 5.82 Å². The third-order valence-electron chi connectivity index (χ3n) is 3.31. The molecule has 0 radical (unpaired) electrons. The maximum atomic E-state index is 13.6. The lowest BCUT2D eigenvalue weighted by atomic mass is 10.2. The lowest BCUT2D eigenvalue weighted by Gasteiger charge is -2.13. The molecule has 4 nitrogen and oxygen atoms in total. The molecule has 1 fully saturated rings. The number of ether oxygens (including phenoxy) is 1. The summed E-state index contributed by atoms with van der Waals surface area (Å²) in [6.45, 7) is 0.120. The van der Waals surface area contributed by atoms with Gasteiger partial charge in [0.25, 0.3) is 5.91 Å². The van der Waals surface area contributed by atoms with Gasteiger partial charge in [0.1, 0.15) is 0 Å². The minimum absolute atomic E-state index is 0.0822. The highest BCUT2D eigenvalue weighted by Gasteiger charge is 2.17. The number of hydrogen-bond acceptors (Lipinski definition) is 3. The number of nitrogens with two attached hydrogens (primary N) is 1. The van der Waals surface area contributed by atoms with Crippen LogP contribution < -0.4 is 15.8 Å². The van der Waals surface area contributed by atoms with Gasteiger partial charge in [0.15, 0.2) is 18.2 Å². The van der Waals surface area contributed by atoms with Crippen LogP contribution in [0, 0.1) is 5.82 Å². The molecule has 0 aromatic heterocycles. The van der Waals surface area contributed by atoms with Crippen molar-refractivity contribution >= 4 is 5.91 Å². The van der Waals surface area contributed by atoms with Crippen LogP contribution in [0.1, 0.15) is 31.2 Å². The maximum absolute atomic E-state index is 13.6. The van der Waals surface area contributed by atoms with Crippen molar-refractivity contribution in [3.63, 3.8) is 0 Å². The van der Waals surface area contributed by atoms with Crippen LogP contribution in [0.3, 0.4) is 0 Å². The van der Waals surface area contributed by atoms with Gasteiger partial charge >= 0.3 is 0 Å². The van der Waals surface area contributed by atoms with Crippen molar-refractivity contribution < 1.29 is 13.9 Å². The Balaban J connectivity index is 1.82. The Labute approximate surface area is 112 Å². The predicted molar refractivity (Wildman–Crippen MR) is 70.2 cm³/mol. The molecule has 0 saturated heterocycles. The highest BCUT2D eigenvalue weighted by molar-refractivity contribution is 5.77. The molecule has 0 unspecified atom stereocenters. The molecule has 2 rings (SSSR count). The van der Waals surface area contributed by atoms with Crippen LogP contribution in [0.15, 0.2) is 18.2 Å². The van der Waals surface area contributed by atoms with Gasteiger partial charge in [-0.1, -0.05) is 18.9 Å². The van der Waals surface area contributed by atoms with Crippen LogP contribution in [-0.2, 0) is 11.3 Å².